The molecule has 1 fully saturated rings. The minimum Gasteiger partial charge on any atom is -0.355 e. The van der Waals surface area contributed by atoms with Crippen molar-refractivity contribution in [1.82, 2.24) is 9.88 Å². The third-order valence-electron chi connectivity index (χ3n) is 3.71. The molecule has 1 aliphatic rings. The number of anilines is 1. The number of aromatic nitrogens is 1. The van der Waals surface area contributed by atoms with Crippen LogP contribution in [0.1, 0.15) is 25.8 Å². The second kappa shape index (κ2) is 5.50. The molecule has 0 radical (unpaired) electrons. The molecule has 94 valence electrons. The van der Waals surface area contributed by atoms with E-state index < -0.39 is 0 Å². The maximum absolute atomic E-state index is 4.51. The Hall–Kier alpha value is -1.09. The molecule has 0 amide bonds. The number of rotatable bonds is 4. The van der Waals surface area contributed by atoms with Crippen LogP contribution in [0.2, 0.25) is 0 Å². The van der Waals surface area contributed by atoms with Gasteiger partial charge < -0.3 is 4.90 Å². The standard InChI is InChI=1S/C14H23N3/c1-4-16(5-2)13-8-9-17(11-13)14-7-6-12(3)10-15-14/h6-7,10,13H,4-5,8-9,11H2,1-3H3. The zero-order valence-electron chi connectivity index (χ0n) is 11.2. The highest BCUT2D eigenvalue weighted by Crippen LogP contribution is 2.21. The summed E-state index contributed by atoms with van der Waals surface area (Å²) in [4.78, 5) is 9.47. The van der Waals surface area contributed by atoms with Crippen molar-refractivity contribution in [1.29, 1.82) is 0 Å². The average Bonchev–Trinajstić information content (AvgIpc) is 2.81. The van der Waals surface area contributed by atoms with Crippen LogP contribution >= 0.6 is 0 Å². The molecule has 3 heteroatoms. The van der Waals surface area contributed by atoms with Crippen LogP contribution in [0.3, 0.4) is 0 Å². The number of hydrogen-bond acceptors (Lipinski definition) is 3. The van der Waals surface area contributed by atoms with Gasteiger partial charge in [0, 0.05) is 25.3 Å². The van der Waals surface area contributed by atoms with Gasteiger partial charge in [0.15, 0.2) is 0 Å². The molecule has 3 nitrogen and oxygen atoms in total. The van der Waals surface area contributed by atoms with E-state index >= 15 is 0 Å². The molecule has 0 aliphatic carbocycles. The van der Waals surface area contributed by atoms with E-state index in [1.165, 1.54) is 12.0 Å². The molecule has 1 aromatic heterocycles. The van der Waals surface area contributed by atoms with Crippen LogP contribution in [-0.4, -0.2) is 42.1 Å². The van der Waals surface area contributed by atoms with Gasteiger partial charge in [-0.1, -0.05) is 19.9 Å². The summed E-state index contributed by atoms with van der Waals surface area (Å²) in [5.74, 6) is 1.13. The van der Waals surface area contributed by atoms with Crippen LogP contribution in [-0.2, 0) is 0 Å². The summed E-state index contributed by atoms with van der Waals surface area (Å²) >= 11 is 0. The first-order valence-corrected chi connectivity index (χ1v) is 6.66. The van der Waals surface area contributed by atoms with E-state index in [4.69, 9.17) is 0 Å². The van der Waals surface area contributed by atoms with Gasteiger partial charge in [0.05, 0.1) is 0 Å². The minimum atomic E-state index is 0.702. The van der Waals surface area contributed by atoms with Gasteiger partial charge in [0.25, 0.3) is 0 Å². The van der Waals surface area contributed by atoms with Gasteiger partial charge in [0.2, 0.25) is 0 Å². The van der Waals surface area contributed by atoms with E-state index in [0.717, 1.165) is 32.0 Å². The van der Waals surface area contributed by atoms with Crippen LogP contribution in [0, 0.1) is 6.92 Å². The smallest absolute Gasteiger partial charge is 0.128 e. The van der Waals surface area contributed by atoms with E-state index in [-0.39, 0.29) is 0 Å². The monoisotopic (exact) mass is 233 g/mol. The lowest BCUT2D eigenvalue weighted by molar-refractivity contribution is 0.232. The second-order valence-corrected chi connectivity index (χ2v) is 4.80. The second-order valence-electron chi connectivity index (χ2n) is 4.80. The molecule has 17 heavy (non-hydrogen) atoms. The number of likely N-dealkylation sites (N-methyl/N-ethyl adjacent to an activating group) is 1. The zero-order chi connectivity index (χ0) is 12.3. The average molecular weight is 233 g/mol. The Bertz CT molecular complexity index is 343. The molecule has 0 N–H and O–H groups in total. The highest BCUT2D eigenvalue weighted by atomic mass is 15.3. The highest BCUT2D eigenvalue weighted by molar-refractivity contribution is 5.40. The fourth-order valence-electron chi connectivity index (χ4n) is 2.64. The van der Waals surface area contributed by atoms with Crippen LogP contribution in [0.4, 0.5) is 5.82 Å². The molecule has 1 saturated heterocycles. The molecule has 2 heterocycles. The predicted octanol–water partition coefficient (Wildman–Crippen LogP) is 2.31. The lowest BCUT2D eigenvalue weighted by Crippen LogP contribution is -2.37. The number of nitrogens with zero attached hydrogens (tertiary/aromatic N) is 3. The van der Waals surface area contributed by atoms with Crippen molar-refractivity contribution >= 4 is 5.82 Å². The lowest BCUT2D eigenvalue weighted by Gasteiger charge is -2.26. The van der Waals surface area contributed by atoms with Crippen molar-refractivity contribution in [3.05, 3.63) is 23.9 Å². The molecule has 0 aromatic carbocycles. The van der Waals surface area contributed by atoms with Crippen LogP contribution < -0.4 is 4.90 Å². The number of aryl methyl sites for hydroxylation is 1. The van der Waals surface area contributed by atoms with Crippen LogP contribution in [0.25, 0.3) is 0 Å². The molecule has 0 bridgehead atoms. The summed E-state index contributed by atoms with van der Waals surface area (Å²) in [6.45, 7) is 11.1. The summed E-state index contributed by atoms with van der Waals surface area (Å²) < 4.78 is 0. The molecule has 0 saturated carbocycles. The first-order chi connectivity index (χ1) is 8.24. The van der Waals surface area contributed by atoms with Gasteiger partial charge in [-0.25, -0.2) is 4.98 Å². The van der Waals surface area contributed by atoms with Gasteiger partial charge in [-0.15, -0.1) is 0 Å². The van der Waals surface area contributed by atoms with Crippen molar-refractivity contribution in [3.63, 3.8) is 0 Å². The molecular formula is C14H23N3. The van der Waals surface area contributed by atoms with Crippen molar-refractivity contribution < 1.29 is 0 Å². The fraction of sp³-hybridized carbons (Fsp3) is 0.643. The van der Waals surface area contributed by atoms with Gasteiger partial charge >= 0.3 is 0 Å². The summed E-state index contributed by atoms with van der Waals surface area (Å²) in [6.07, 6.45) is 3.22. The quantitative estimate of drug-likeness (QED) is 0.795. The third kappa shape index (κ3) is 2.78. The summed E-state index contributed by atoms with van der Waals surface area (Å²) in [5.41, 5.74) is 1.23. The normalized spacial score (nSPS) is 20.2. The van der Waals surface area contributed by atoms with E-state index in [1.54, 1.807) is 0 Å². The van der Waals surface area contributed by atoms with E-state index in [9.17, 15) is 0 Å². The molecule has 1 unspecified atom stereocenters. The summed E-state index contributed by atoms with van der Waals surface area (Å²) in [6, 6.07) is 4.99. The Morgan fingerprint density at radius 2 is 2.12 bits per heavy atom. The summed E-state index contributed by atoms with van der Waals surface area (Å²) in [7, 11) is 0. The Balaban J connectivity index is 2.00. The first-order valence-electron chi connectivity index (χ1n) is 6.66. The Morgan fingerprint density at radius 1 is 1.35 bits per heavy atom. The van der Waals surface area contributed by atoms with Crippen LogP contribution in [0.15, 0.2) is 18.3 Å². The van der Waals surface area contributed by atoms with Gasteiger partial charge in [-0.2, -0.15) is 0 Å². The SMILES string of the molecule is CCN(CC)C1CCN(c2ccc(C)cn2)C1. The van der Waals surface area contributed by atoms with Crippen molar-refractivity contribution in [3.8, 4) is 0 Å². The number of pyridine rings is 1. The van der Waals surface area contributed by atoms with Gasteiger partial charge in [-0.05, 0) is 38.1 Å². The maximum Gasteiger partial charge on any atom is 0.128 e. The van der Waals surface area contributed by atoms with Crippen LogP contribution in [0.5, 0.6) is 0 Å². The molecule has 1 aromatic rings. The van der Waals surface area contributed by atoms with Crippen molar-refractivity contribution in [2.24, 2.45) is 0 Å². The Labute approximate surface area is 104 Å². The predicted molar refractivity (Wildman–Crippen MR) is 72.5 cm³/mol. The fourth-order valence-corrected chi connectivity index (χ4v) is 2.64. The Morgan fingerprint density at radius 3 is 2.71 bits per heavy atom. The van der Waals surface area contributed by atoms with Crippen molar-refractivity contribution in [2.75, 3.05) is 31.1 Å². The topological polar surface area (TPSA) is 19.4 Å². The first kappa shape index (κ1) is 12.4. The maximum atomic E-state index is 4.51. The van der Waals surface area contributed by atoms with E-state index in [1.807, 2.05) is 6.20 Å². The molecular weight excluding hydrogens is 210 g/mol. The largest absolute Gasteiger partial charge is 0.355 e. The molecule has 1 atom stereocenters. The molecule has 1 aliphatic heterocycles. The minimum absolute atomic E-state index is 0.702. The third-order valence-corrected chi connectivity index (χ3v) is 3.71. The number of hydrogen-bond donors (Lipinski definition) is 0. The molecule has 2 rings (SSSR count). The Kier molecular flexibility index (Phi) is 4.00. The molecule has 0 spiro atoms. The van der Waals surface area contributed by atoms with Crippen molar-refractivity contribution in [2.45, 2.75) is 33.2 Å². The van der Waals surface area contributed by atoms with E-state index in [0.29, 0.717) is 6.04 Å². The zero-order valence-corrected chi connectivity index (χ0v) is 11.2. The highest BCUT2D eigenvalue weighted by Gasteiger charge is 2.26. The van der Waals surface area contributed by atoms with E-state index in [2.05, 4.69) is 47.7 Å². The van der Waals surface area contributed by atoms with Gasteiger partial charge in [-0.3, -0.25) is 4.90 Å². The lowest BCUT2D eigenvalue weighted by atomic mass is 10.2. The summed E-state index contributed by atoms with van der Waals surface area (Å²) in [5, 5.41) is 0. The van der Waals surface area contributed by atoms with Gasteiger partial charge in [0.1, 0.15) is 5.82 Å².